The van der Waals surface area contributed by atoms with Crippen molar-refractivity contribution in [3.8, 4) is 0 Å². The van der Waals surface area contributed by atoms with E-state index in [1.807, 2.05) is 0 Å². The molecule has 0 bridgehead atoms. The fourth-order valence-corrected chi connectivity index (χ4v) is 1.08. The maximum absolute atomic E-state index is 10.5. The van der Waals surface area contributed by atoms with Crippen molar-refractivity contribution in [1.29, 1.82) is 0 Å². The maximum Gasteiger partial charge on any atom is 1.00 e. The molecule has 9 heteroatoms. The molecule has 0 saturated heterocycles. The van der Waals surface area contributed by atoms with E-state index in [0.717, 1.165) is 18.2 Å². The number of carboxylic acids is 2. The monoisotopic (exact) mass is 255 g/mol. The predicted octanol–water partition coefficient (Wildman–Crippen LogP) is -7.67. The second kappa shape index (κ2) is 7.80. The summed E-state index contributed by atoms with van der Waals surface area (Å²) in [6.45, 7) is 0. The molecule has 0 fully saturated rings. The van der Waals surface area contributed by atoms with Crippen LogP contribution in [0.1, 0.15) is 20.7 Å². The number of nitrogens with zero attached hydrogens (tertiary/aromatic N) is 1. The normalized spacial score (nSPS) is 8.47. The van der Waals surface area contributed by atoms with Crippen molar-refractivity contribution in [1.82, 2.24) is 0 Å². The number of hydrogen-bond donors (Lipinski definition) is 0. The fraction of sp³-hybridized carbons (Fsp3) is 0. The zero-order chi connectivity index (χ0) is 11.6. The van der Waals surface area contributed by atoms with E-state index in [0.29, 0.717) is 0 Å². The summed E-state index contributed by atoms with van der Waals surface area (Å²) in [5, 5.41) is 31.4. The van der Waals surface area contributed by atoms with E-state index in [4.69, 9.17) is 0 Å². The number of nitro groups is 1. The third kappa shape index (κ3) is 4.38. The molecule has 0 aliphatic carbocycles. The van der Waals surface area contributed by atoms with Crippen LogP contribution in [-0.4, -0.2) is 16.9 Å². The molecule has 0 amide bonds. The van der Waals surface area contributed by atoms with Crippen molar-refractivity contribution in [3.63, 3.8) is 0 Å². The zero-order valence-electron chi connectivity index (χ0n) is 9.13. The Morgan fingerprint density at radius 1 is 1.06 bits per heavy atom. The average Bonchev–Trinajstić information content (AvgIpc) is 2.16. The predicted molar refractivity (Wildman–Crippen MR) is 41.8 cm³/mol. The van der Waals surface area contributed by atoms with Gasteiger partial charge in [0.05, 0.1) is 22.4 Å². The maximum atomic E-state index is 10.5. The Kier molecular flexibility index (Phi) is 8.68. The van der Waals surface area contributed by atoms with Crippen LogP contribution in [0.15, 0.2) is 18.2 Å². The van der Waals surface area contributed by atoms with Gasteiger partial charge in [0, 0.05) is 11.6 Å². The van der Waals surface area contributed by atoms with Gasteiger partial charge in [-0.05, 0) is 0 Å². The molecule has 0 radical (unpaired) electrons. The summed E-state index contributed by atoms with van der Waals surface area (Å²) in [4.78, 5) is 30.4. The minimum atomic E-state index is -1.93. The number of carbonyl (C=O) groups excluding carboxylic acids is 2. The van der Waals surface area contributed by atoms with E-state index in [-0.39, 0.29) is 59.1 Å². The van der Waals surface area contributed by atoms with Crippen molar-refractivity contribution in [2.75, 3.05) is 0 Å². The van der Waals surface area contributed by atoms with Gasteiger partial charge in [-0.15, -0.1) is 0 Å². The summed E-state index contributed by atoms with van der Waals surface area (Å²) in [5.41, 5.74) is -2.59. The molecule has 0 spiro atoms. The van der Waals surface area contributed by atoms with Gasteiger partial charge in [-0.1, -0.05) is 12.1 Å². The number of carbonyl (C=O) groups is 2. The Balaban J connectivity index is 0. The Morgan fingerprint density at radius 2 is 1.59 bits per heavy atom. The largest absolute Gasteiger partial charge is 1.00 e. The first-order chi connectivity index (χ1) is 6.95. The molecule has 1 aromatic rings. The van der Waals surface area contributed by atoms with Crippen LogP contribution >= 0.6 is 0 Å². The summed E-state index contributed by atoms with van der Waals surface area (Å²) in [7, 11) is 0. The molecule has 0 N–H and O–H groups in total. The van der Waals surface area contributed by atoms with Gasteiger partial charge in [-0.2, -0.15) is 0 Å². The molecular formula is C8H3NNa2O6. The van der Waals surface area contributed by atoms with E-state index in [9.17, 15) is 29.9 Å². The summed E-state index contributed by atoms with van der Waals surface area (Å²) in [6.07, 6.45) is 0. The third-order valence-corrected chi connectivity index (χ3v) is 1.66. The Hall–Kier alpha value is -0.440. The van der Waals surface area contributed by atoms with Crippen LogP contribution in [0.3, 0.4) is 0 Å². The topological polar surface area (TPSA) is 123 Å². The standard InChI is InChI=1S/C8H5NO6.2Na/c10-7(11)4-2-1-3-5(9(14)15)6(4)8(12)13;;/h1-3H,(H,10,11)(H,12,13);;/q;2*+1/p-2. The number of benzene rings is 1. The summed E-state index contributed by atoms with van der Waals surface area (Å²) < 4.78 is 0. The number of hydrogen-bond acceptors (Lipinski definition) is 6. The molecule has 78 valence electrons. The van der Waals surface area contributed by atoms with Crippen molar-refractivity contribution in [2.24, 2.45) is 0 Å². The van der Waals surface area contributed by atoms with Crippen LogP contribution in [0.5, 0.6) is 0 Å². The second-order valence-corrected chi connectivity index (χ2v) is 2.53. The van der Waals surface area contributed by atoms with Gasteiger partial charge in [0.2, 0.25) is 0 Å². The Bertz CT molecular complexity index is 429. The van der Waals surface area contributed by atoms with Gasteiger partial charge in [0.1, 0.15) is 0 Å². The molecule has 0 aliphatic heterocycles. The molecule has 1 rings (SSSR count). The van der Waals surface area contributed by atoms with Gasteiger partial charge in [-0.3, -0.25) is 10.1 Å². The van der Waals surface area contributed by atoms with Gasteiger partial charge in [0.25, 0.3) is 5.69 Å². The molecule has 1 aromatic carbocycles. The van der Waals surface area contributed by atoms with E-state index in [2.05, 4.69) is 0 Å². The Morgan fingerprint density at radius 3 is 1.94 bits per heavy atom. The van der Waals surface area contributed by atoms with Crippen molar-refractivity contribution < 1.29 is 83.8 Å². The molecule has 0 atom stereocenters. The fourth-order valence-electron chi connectivity index (χ4n) is 1.08. The van der Waals surface area contributed by atoms with Gasteiger partial charge in [-0.25, -0.2) is 0 Å². The molecule has 0 unspecified atom stereocenters. The third-order valence-electron chi connectivity index (χ3n) is 1.66. The van der Waals surface area contributed by atoms with Gasteiger partial charge >= 0.3 is 59.1 Å². The minimum absolute atomic E-state index is 0. The first-order valence-electron chi connectivity index (χ1n) is 3.65. The van der Waals surface area contributed by atoms with E-state index in [1.165, 1.54) is 0 Å². The first-order valence-corrected chi connectivity index (χ1v) is 3.65. The molecule has 17 heavy (non-hydrogen) atoms. The molecule has 0 aromatic heterocycles. The molecule has 7 nitrogen and oxygen atoms in total. The summed E-state index contributed by atoms with van der Waals surface area (Å²) in [6, 6.07) is 2.82. The van der Waals surface area contributed by atoms with Crippen molar-refractivity contribution in [3.05, 3.63) is 39.4 Å². The number of carboxylic acid groups (broad SMARTS) is 2. The van der Waals surface area contributed by atoms with Crippen LogP contribution < -0.4 is 69.3 Å². The number of nitro benzene ring substituents is 1. The van der Waals surface area contributed by atoms with Crippen molar-refractivity contribution >= 4 is 17.6 Å². The van der Waals surface area contributed by atoms with Crippen LogP contribution in [-0.2, 0) is 0 Å². The van der Waals surface area contributed by atoms with Crippen molar-refractivity contribution in [2.45, 2.75) is 0 Å². The SMILES string of the molecule is O=C([O-])c1cccc([N+](=O)[O-])c1C(=O)[O-].[Na+].[Na+]. The van der Waals surface area contributed by atoms with Crippen LogP contribution in [0.2, 0.25) is 0 Å². The average molecular weight is 255 g/mol. The zero-order valence-corrected chi connectivity index (χ0v) is 13.1. The minimum Gasteiger partial charge on any atom is -0.545 e. The van der Waals surface area contributed by atoms with Crippen LogP contribution in [0.4, 0.5) is 5.69 Å². The molecule has 0 saturated carbocycles. The molecular weight excluding hydrogens is 252 g/mol. The second-order valence-electron chi connectivity index (χ2n) is 2.53. The van der Waals surface area contributed by atoms with E-state index >= 15 is 0 Å². The number of rotatable bonds is 3. The first kappa shape index (κ1) is 18.9. The van der Waals surface area contributed by atoms with Gasteiger partial charge < -0.3 is 19.8 Å². The van der Waals surface area contributed by atoms with Crippen LogP contribution in [0.25, 0.3) is 0 Å². The van der Waals surface area contributed by atoms with E-state index in [1.54, 1.807) is 0 Å². The quantitative estimate of drug-likeness (QED) is 0.300. The molecule has 0 heterocycles. The van der Waals surface area contributed by atoms with Crippen LogP contribution in [0, 0.1) is 10.1 Å². The van der Waals surface area contributed by atoms with Gasteiger partial charge in [0.15, 0.2) is 0 Å². The smallest absolute Gasteiger partial charge is 0.545 e. The van der Waals surface area contributed by atoms with E-state index < -0.39 is 33.7 Å². The summed E-state index contributed by atoms with van der Waals surface area (Å²) in [5.74, 6) is -3.74. The number of aromatic carboxylic acids is 2. The Labute approximate surface area is 140 Å². The molecule has 0 aliphatic rings. The summed E-state index contributed by atoms with van der Waals surface area (Å²) >= 11 is 0.